The summed E-state index contributed by atoms with van der Waals surface area (Å²) in [6, 6.07) is 0. The maximum absolute atomic E-state index is 10.0. The maximum Gasteiger partial charge on any atom is 0.122 e. The summed E-state index contributed by atoms with van der Waals surface area (Å²) in [6.45, 7) is 5.32. The average Bonchev–Trinajstić information content (AvgIpc) is 1.89. The number of allylic oxidation sites excluding steroid dienone is 1. The molecule has 0 aromatic carbocycles. The molecule has 1 nitrogen and oxygen atoms in total. The highest BCUT2D eigenvalue weighted by molar-refractivity contribution is 5.52. The Morgan fingerprint density at radius 2 is 2.44 bits per heavy atom. The van der Waals surface area contributed by atoms with Crippen LogP contribution in [0.15, 0.2) is 18.4 Å². The Balaban J connectivity index is 3.26. The van der Waals surface area contributed by atoms with E-state index in [1.165, 1.54) is 0 Å². The summed E-state index contributed by atoms with van der Waals surface area (Å²) in [7, 11) is 0. The van der Waals surface area contributed by atoms with E-state index in [2.05, 4.69) is 12.3 Å². The number of carbonyl (C=O) groups excluding carboxylic acids is 1. The van der Waals surface area contributed by atoms with Crippen LogP contribution in [0.4, 0.5) is 0 Å². The summed E-state index contributed by atoms with van der Waals surface area (Å²) in [4.78, 5) is 10.0. The van der Waals surface area contributed by atoms with E-state index in [9.17, 15) is 4.79 Å². The van der Waals surface area contributed by atoms with Crippen LogP contribution in [0.2, 0.25) is 0 Å². The molecule has 0 aliphatic carbocycles. The van der Waals surface area contributed by atoms with E-state index in [4.69, 9.17) is 0 Å². The van der Waals surface area contributed by atoms with E-state index in [1.807, 2.05) is 13.0 Å². The van der Waals surface area contributed by atoms with E-state index in [1.54, 1.807) is 0 Å². The maximum atomic E-state index is 10.0. The average molecular weight is 124 g/mol. The highest BCUT2D eigenvalue weighted by Gasteiger charge is 1.94. The fourth-order valence-corrected chi connectivity index (χ4v) is 0.516. The molecule has 0 aliphatic heterocycles. The number of rotatable bonds is 4. The lowest BCUT2D eigenvalue weighted by Gasteiger charge is -1.95. The summed E-state index contributed by atoms with van der Waals surface area (Å²) in [5, 5.41) is 0. The van der Waals surface area contributed by atoms with Gasteiger partial charge in [-0.15, -0.1) is 5.73 Å². The number of carbonyl (C=O) groups is 1. The summed E-state index contributed by atoms with van der Waals surface area (Å²) in [6.07, 6.45) is 4.63. The van der Waals surface area contributed by atoms with Crippen molar-refractivity contribution >= 4 is 6.29 Å². The quantitative estimate of drug-likeness (QED) is 0.413. The molecule has 9 heavy (non-hydrogen) atoms. The predicted molar refractivity (Wildman–Crippen MR) is 38.2 cm³/mol. The minimum absolute atomic E-state index is 0.176. The molecular weight excluding hydrogens is 112 g/mol. The lowest BCUT2D eigenvalue weighted by molar-refractivity contribution is -0.110. The van der Waals surface area contributed by atoms with E-state index >= 15 is 0 Å². The molecule has 0 bridgehead atoms. The van der Waals surface area contributed by atoms with Crippen LogP contribution in [0.3, 0.4) is 0 Å². The lowest BCUT2D eigenvalue weighted by atomic mass is 10.1. The third-order valence-corrected chi connectivity index (χ3v) is 1.14. The van der Waals surface area contributed by atoms with Crippen LogP contribution in [-0.4, -0.2) is 6.29 Å². The number of hydrogen-bond acceptors (Lipinski definition) is 1. The van der Waals surface area contributed by atoms with Crippen LogP contribution >= 0.6 is 0 Å². The molecule has 0 amide bonds. The van der Waals surface area contributed by atoms with Crippen molar-refractivity contribution in [2.24, 2.45) is 5.92 Å². The molecule has 0 saturated carbocycles. The van der Waals surface area contributed by atoms with Crippen molar-refractivity contribution < 1.29 is 4.79 Å². The van der Waals surface area contributed by atoms with Gasteiger partial charge in [-0.25, -0.2) is 0 Å². The fraction of sp³-hybridized carbons (Fsp3) is 0.500. The molecule has 0 heterocycles. The largest absolute Gasteiger partial charge is 0.303 e. The molecule has 1 unspecified atom stereocenters. The summed E-state index contributed by atoms with van der Waals surface area (Å²) < 4.78 is 0. The van der Waals surface area contributed by atoms with Gasteiger partial charge in [-0.2, -0.15) is 0 Å². The minimum Gasteiger partial charge on any atom is -0.303 e. The first-order valence-corrected chi connectivity index (χ1v) is 3.11. The number of aldehydes is 1. The summed E-state index contributed by atoms with van der Waals surface area (Å²) in [5.41, 5.74) is 2.66. The van der Waals surface area contributed by atoms with Crippen LogP contribution in [-0.2, 0) is 4.79 Å². The van der Waals surface area contributed by atoms with Crippen molar-refractivity contribution in [1.29, 1.82) is 0 Å². The minimum atomic E-state index is 0.176. The Hall–Kier alpha value is -0.810. The first-order valence-electron chi connectivity index (χ1n) is 3.11. The van der Waals surface area contributed by atoms with Crippen molar-refractivity contribution in [2.75, 3.05) is 0 Å². The van der Waals surface area contributed by atoms with Crippen LogP contribution in [0.5, 0.6) is 0 Å². The predicted octanol–water partition coefficient (Wildman–Crippen LogP) is 1.94. The van der Waals surface area contributed by atoms with Gasteiger partial charge in [-0.05, 0) is 18.9 Å². The molecule has 1 atom stereocenters. The molecule has 0 N–H and O–H groups in total. The second-order valence-corrected chi connectivity index (χ2v) is 2.10. The highest BCUT2D eigenvalue weighted by Crippen LogP contribution is 2.01. The van der Waals surface area contributed by atoms with Gasteiger partial charge in [-0.1, -0.05) is 13.5 Å². The van der Waals surface area contributed by atoms with E-state index in [0.29, 0.717) is 0 Å². The Labute approximate surface area is 56.1 Å². The zero-order valence-corrected chi connectivity index (χ0v) is 5.76. The Kier molecular flexibility index (Phi) is 4.85. The number of hydrogen-bond donors (Lipinski definition) is 0. The van der Waals surface area contributed by atoms with Gasteiger partial charge in [0, 0.05) is 5.92 Å². The highest BCUT2D eigenvalue weighted by atomic mass is 16.1. The van der Waals surface area contributed by atoms with Crippen LogP contribution in [0.1, 0.15) is 19.8 Å². The van der Waals surface area contributed by atoms with Gasteiger partial charge in [0.2, 0.25) is 0 Å². The molecule has 0 aliphatic rings. The fourth-order valence-electron chi connectivity index (χ4n) is 0.516. The van der Waals surface area contributed by atoms with Gasteiger partial charge in [0.05, 0.1) is 0 Å². The van der Waals surface area contributed by atoms with Crippen molar-refractivity contribution in [2.45, 2.75) is 19.8 Å². The Bertz CT molecular complexity index is 121. The standard InChI is InChI=1S/C8H12O/c1-3-4-5-6-8(2)7-9/h4,7-8H,1,5-6H2,2H3. The van der Waals surface area contributed by atoms with E-state index in [0.717, 1.165) is 19.1 Å². The molecule has 50 valence electrons. The molecule has 0 rings (SSSR count). The Morgan fingerprint density at radius 1 is 1.78 bits per heavy atom. The molecule has 0 aromatic rings. The molecule has 0 fully saturated rings. The van der Waals surface area contributed by atoms with Crippen molar-refractivity contribution in [3.05, 3.63) is 18.4 Å². The van der Waals surface area contributed by atoms with Crippen molar-refractivity contribution in [3.63, 3.8) is 0 Å². The first kappa shape index (κ1) is 8.19. The van der Waals surface area contributed by atoms with E-state index < -0.39 is 0 Å². The third-order valence-electron chi connectivity index (χ3n) is 1.14. The zero-order valence-electron chi connectivity index (χ0n) is 5.76. The smallest absolute Gasteiger partial charge is 0.122 e. The van der Waals surface area contributed by atoms with E-state index in [-0.39, 0.29) is 5.92 Å². The molecule has 0 aromatic heterocycles. The molecule has 1 heteroatoms. The summed E-state index contributed by atoms with van der Waals surface area (Å²) >= 11 is 0. The van der Waals surface area contributed by atoms with Crippen LogP contribution < -0.4 is 0 Å². The van der Waals surface area contributed by atoms with Crippen LogP contribution in [0.25, 0.3) is 0 Å². The zero-order chi connectivity index (χ0) is 7.11. The second kappa shape index (κ2) is 5.33. The molecular formula is C8H12O. The molecule has 0 radical (unpaired) electrons. The van der Waals surface area contributed by atoms with Gasteiger partial charge < -0.3 is 4.79 Å². The molecule has 0 spiro atoms. The van der Waals surface area contributed by atoms with Crippen molar-refractivity contribution in [1.82, 2.24) is 0 Å². The monoisotopic (exact) mass is 124 g/mol. The SMILES string of the molecule is C=C=CCCC(C)C=O. The second-order valence-electron chi connectivity index (χ2n) is 2.10. The van der Waals surface area contributed by atoms with Crippen molar-refractivity contribution in [3.8, 4) is 0 Å². The molecule has 0 saturated heterocycles. The van der Waals surface area contributed by atoms with Gasteiger partial charge in [-0.3, -0.25) is 0 Å². The Morgan fingerprint density at radius 3 is 2.89 bits per heavy atom. The lowest BCUT2D eigenvalue weighted by Crippen LogP contribution is -1.92. The van der Waals surface area contributed by atoms with Gasteiger partial charge in [0.25, 0.3) is 0 Å². The van der Waals surface area contributed by atoms with Crippen LogP contribution in [0, 0.1) is 5.92 Å². The first-order chi connectivity index (χ1) is 4.31. The van der Waals surface area contributed by atoms with Gasteiger partial charge in [0.1, 0.15) is 6.29 Å². The third kappa shape index (κ3) is 5.05. The normalized spacial score (nSPS) is 11.7. The van der Waals surface area contributed by atoms with Gasteiger partial charge >= 0.3 is 0 Å². The van der Waals surface area contributed by atoms with Gasteiger partial charge in [0.15, 0.2) is 0 Å². The summed E-state index contributed by atoms with van der Waals surface area (Å²) in [5.74, 6) is 0.176. The topological polar surface area (TPSA) is 17.1 Å².